The second kappa shape index (κ2) is 7.24. The molecule has 0 unspecified atom stereocenters. The number of halogens is 3. The molecule has 2 nitrogen and oxygen atoms in total. The van der Waals surface area contributed by atoms with Gasteiger partial charge in [0.25, 0.3) is 6.43 Å². The van der Waals surface area contributed by atoms with Crippen LogP contribution in [0.5, 0.6) is 0 Å². The molecule has 3 aliphatic rings. The van der Waals surface area contributed by atoms with Crippen molar-refractivity contribution in [2.24, 2.45) is 0 Å². The van der Waals surface area contributed by atoms with Gasteiger partial charge in [-0.2, -0.15) is 0 Å². The van der Waals surface area contributed by atoms with Crippen LogP contribution in [0.3, 0.4) is 0 Å². The average molecular weight is 445 g/mol. The van der Waals surface area contributed by atoms with Gasteiger partial charge in [-0.15, -0.1) is 11.3 Å². The second-order valence-electron chi connectivity index (χ2n) is 8.49. The van der Waals surface area contributed by atoms with Crippen molar-refractivity contribution in [1.29, 1.82) is 0 Å². The van der Waals surface area contributed by atoms with E-state index in [1.807, 2.05) is 0 Å². The van der Waals surface area contributed by atoms with Crippen LogP contribution in [-0.4, -0.2) is 23.5 Å². The molecule has 1 spiro atoms. The summed E-state index contributed by atoms with van der Waals surface area (Å²) < 4.78 is 25.7. The van der Waals surface area contributed by atoms with E-state index in [1.54, 1.807) is 23.5 Å². The molecule has 1 aromatic carbocycles. The topological polar surface area (TPSA) is 15.3 Å². The number of rotatable bonds is 4. The summed E-state index contributed by atoms with van der Waals surface area (Å²) in [5.74, 6) is 0. The molecule has 1 aliphatic carbocycles. The molecule has 2 fully saturated rings. The predicted octanol–water partition coefficient (Wildman–Crippen LogP) is 6.75. The molecule has 0 atom stereocenters. The zero-order chi connectivity index (χ0) is 21.0. The van der Waals surface area contributed by atoms with Crippen molar-refractivity contribution in [3.8, 4) is 0 Å². The predicted molar refractivity (Wildman–Crippen MR) is 122 cm³/mol. The zero-order valence-electron chi connectivity index (χ0n) is 16.6. The Morgan fingerprint density at radius 1 is 1.17 bits per heavy atom. The Bertz CT molecular complexity index is 1060. The van der Waals surface area contributed by atoms with E-state index >= 15 is 0 Å². The first-order valence-corrected chi connectivity index (χ1v) is 11.4. The molecule has 1 aromatic heterocycles. The van der Waals surface area contributed by atoms with E-state index in [2.05, 4.69) is 29.5 Å². The highest BCUT2D eigenvalue weighted by Crippen LogP contribution is 2.46. The smallest absolute Gasteiger partial charge is 0.263 e. The molecule has 2 aromatic rings. The van der Waals surface area contributed by atoms with Crippen LogP contribution >= 0.6 is 22.9 Å². The number of nitrogens with one attached hydrogen (secondary N) is 1. The van der Waals surface area contributed by atoms with E-state index in [4.69, 9.17) is 11.6 Å². The molecule has 30 heavy (non-hydrogen) atoms. The minimum atomic E-state index is -2.44. The number of nitrogens with zero attached hydrogens (tertiary/aromatic N) is 1. The summed E-state index contributed by atoms with van der Waals surface area (Å²) in [4.78, 5) is 4.49. The van der Waals surface area contributed by atoms with Gasteiger partial charge in [-0.25, -0.2) is 8.78 Å². The monoisotopic (exact) mass is 444 g/mol. The van der Waals surface area contributed by atoms with Gasteiger partial charge in [-0.3, -0.25) is 0 Å². The molecule has 2 saturated heterocycles. The third-order valence-corrected chi connectivity index (χ3v) is 8.19. The summed E-state index contributed by atoms with van der Waals surface area (Å²) in [5, 5.41) is 4.35. The standard InChI is InChI=1S/C24H23ClF2N2S/c1-14-9-10-24(28-14)12-29(13-24)15(2)22-21(25)19-8-7-18(11-20(19)30-22)16-3-5-17(6-4-16)23(26)27/h3-6,11,23,28H,1-2,7-10,12-13H2. The van der Waals surface area contributed by atoms with Crippen molar-refractivity contribution in [1.82, 2.24) is 10.2 Å². The normalized spacial score (nSPS) is 19.5. The van der Waals surface area contributed by atoms with Gasteiger partial charge in [0.15, 0.2) is 0 Å². The Morgan fingerprint density at radius 2 is 1.90 bits per heavy atom. The maximum Gasteiger partial charge on any atom is 0.263 e. The fourth-order valence-corrected chi connectivity index (χ4v) is 6.39. The number of benzene rings is 1. The molecule has 1 N–H and O–H groups in total. The maximum atomic E-state index is 12.8. The van der Waals surface area contributed by atoms with Crippen molar-refractivity contribution in [3.05, 3.63) is 74.6 Å². The van der Waals surface area contributed by atoms with E-state index in [-0.39, 0.29) is 11.1 Å². The number of hydrogen-bond acceptors (Lipinski definition) is 3. The summed E-state index contributed by atoms with van der Waals surface area (Å²) >= 11 is 8.44. The Labute approximate surface area is 184 Å². The molecule has 6 heteroatoms. The number of likely N-dealkylation sites (tertiary alicyclic amines) is 1. The Balaban J connectivity index is 1.36. The Kier molecular flexibility index (Phi) is 4.79. The summed E-state index contributed by atoms with van der Waals surface area (Å²) in [7, 11) is 0. The Morgan fingerprint density at radius 3 is 2.53 bits per heavy atom. The van der Waals surface area contributed by atoms with Crippen LogP contribution in [0.2, 0.25) is 5.02 Å². The van der Waals surface area contributed by atoms with Gasteiger partial charge in [0, 0.05) is 34.9 Å². The van der Waals surface area contributed by atoms with E-state index in [0.29, 0.717) is 0 Å². The van der Waals surface area contributed by atoms with Crippen LogP contribution in [0.25, 0.3) is 17.3 Å². The second-order valence-corrected chi connectivity index (χ2v) is 9.92. The summed E-state index contributed by atoms with van der Waals surface area (Å²) in [6.45, 7) is 10.3. The number of thiophene rings is 1. The van der Waals surface area contributed by atoms with Gasteiger partial charge in [0.2, 0.25) is 0 Å². The van der Waals surface area contributed by atoms with Gasteiger partial charge in [-0.05, 0) is 48.5 Å². The lowest BCUT2D eigenvalue weighted by Gasteiger charge is -2.50. The molecule has 2 aliphatic heterocycles. The average Bonchev–Trinajstić information content (AvgIpc) is 3.26. The molecule has 0 amide bonds. The first kappa shape index (κ1) is 19.8. The summed E-state index contributed by atoms with van der Waals surface area (Å²) in [5.41, 5.74) is 5.65. The molecule has 0 saturated carbocycles. The van der Waals surface area contributed by atoms with Crippen molar-refractivity contribution in [2.45, 2.75) is 37.6 Å². The fraction of sp³-hybridized carbons (Fsp3) is 0.333. The van der Waals surface area contributed by atoms with Crippen LogP contribution in [0.15, 0.2) is 43.1 Å². The van der Waals surface area contributed by atoms with Crippen molar-refractivity contribution in [2.75, 3.05) is 13.1 Å². The quantitative estimate of drug-likeness (QED) is 0.561. The highest BCUT2D eigenvalue weighted by Gasteiger charge is 2.46. The lowest BCUT2D eigenvalue weighted by molar-refractivity contribution is 0.118. The molecule has 0 bridgehead atoms. The zero-order valence-corrected chi connectivity index (χ0v) is 18.2. The van der Waals surface area contributed by atoms with Crippen LogP contribution in [0, 0.1) is 0 Å². The van der Waals surface area contributed by atoms with Crippen LogP contribution in [0.1, 0.15) is 52.1 Å². The molecular formula is C24H23ClF2N2S. The van der Waals surface area contributed by atoms with Crippen LogP contribution < -0.4 is 5.32 Å². The highest BCUT2D eigenvalue weighted by molar-refractivity contribution is 7.15. The molecule has 156 valence electrons. The van der Waals surface area contributed by atoms with Gasteiger partial charge >= 0.3 is 0 Å². The lowest BCUT2D eigenvalue weighted by atomic mass is 9.87. The van der Waals surface area contributed by atoms with Crippen molar-refractivity contribution >= 4 is 40.3 Å². The van der Waals surface area contributed by atoms with Gasteiger partial charge in [-0.1, -0.05) is 49.0 Å². The fourth-order valence-electron chi connectivity index (χ4n) is 4.70. The van der Waals surface area contributed by atoms with E-state index in [1.165, 1.54) is 17.7 Å². The van der Waals surface area contributed by atoms with Crippen LogP contribution in [0.4, 0.5) is 8.78 Å². The largest absolute Gasteiger partial charge is 0.380 e. The Hall–Kier alpha value is -2.11. The molecule has 0 radical (unpaired) electrons. The molecular weight excluding hydrogens is 422 g/mol. The molecule has 5 rings (SSSR count). The number of fused-ring (bicyclic) bond motifs is 1. The third-order valence-electron chi connectivity index (χ3n) is 6.44. The van der Waals surface area contributed by atoms with Gasteiger partial charge in [0.05, 0.1) is 15.4 Å². The van der Waals surface area contributed by atoms with Crippen LogP contribution in [-0.2, 0) is 6.42 Å². The minimum Gasteiger partial charge on any atom is -0.380 e. The number of alkyl halides is 2. The first-order valence-electron chi connectivity index (χ1n) is 10.2. The first-order chi connectivity index (χ1) is 14.3. The highest BCUT2D eigenvalue weighted by atomic mass is 35.5. The summed E-state index contributed by atoms with van der Waals surface area (Å²) in [6, 6.07) is 6.59. The van der Waals surface area contributed by atoms with E-state index in [9.17, 15) is 8.78 Å². The SMILES string of the molecule is C=C1CCC2(CN(C(=C)c3sc4c(c3Cl)CCC(c3ccc(C(F)F)cc3)=C4)C2)N1. The van der Waals surface area contributed by atoms with Gasteiger partial charge < -0.3 is 10.2 Å². The molecule has 3 heterocycles. The summed E-state index contributed by atoms with van der Waals surface area (Å²) in [6.07, 6.45) is 3.59. The van der Waals surface area contributed by atoms with E-state index < -0.39 is 6.43 Å². The minimum absolute atomic E-state index is 0.0567. The lowest BCUT2D eigenvalue weighted by Crippen LogP contribution is -2.65. The van der Waals surface area contributed by atoms with Gasteiger partial charge in [0.1, 0.15) is 0 Å². The van der Waals surface area contributed by atoms with Crippen molar-refractivity contribution < 1.29 is 8.78 Å². The van der Waals surface area contributed by atoms with E-state index in [0.717, 1.165) is 76.1 Å². The number of allylic oxidation sites excluding steroid dienone is 2. The third kappa shape index (κ3) is 3.28. The maximum absolute atomic E-state index is 12.8. The number of hydrogen-bond donors (Lipinski definition) is 1. The van der Waals surface area contributed by atoms with Crippen molar-refractivity contribution in [3.63, 3.8) is 0 Å².